The van der Waals surface area contributed by atoms with E-state index in [9.17, 15) is 13.2 Å². The Morgan fingerprint density at radius 1 is 1.29 bits per heavy atom. The van der Waals surface area contributed by atoms with E-state index in [1.54, 1.807) is 19.9 Å². The molecular formula is C15H20ClNO3S. The summed E-state index contributed by atoms with van der Waals surface area (Å²) in [5.74, 6) is -0.248. The van der Waals surface area contributed by atoms with Crippen LogP contribution in [0.2, 0.25) is 0 Å². The van der Waals surface area contributed by atoms with Gasteiger partial charge in [-0.2, -0.15) is 0 Å². The van der Waals surface area contributed by atoms with E-state index in [1.807, 2.05) is 0 Å². The summed E-state index contributed by atoms with van der Waals surface area (Å²) in [5, 5.41) is 2.90. The number of carbonyl (C=O) groups is 1. The summed E-state index contributed by atoms with van der Waals surface area (Å²) in [6, 6.07) is 3.04. The molecule has 2 rings (SSSR count). The first-order valence-corrected chi connectivity index (χ1v) is 9.27. The molecule has 0 atom stereocenters. The van der Waals surface area contributed by atoms with Crippen LogP contribution >= 0.6 is 10.7 Å². The molecule has 6 heteroatoms. The minimum Gasteiger partial charge on any atom is -0.351 e. The number of carbonyl (C=O) groups excluding carboxylic acids is 1. The lowest BCUT2D eigenvalue weighted by Gasteiger charge is -2.38. The second-order valence-electron chi connectivity index (χ2n) is 6.22. The lowest BCUT2D eigenvalue weighted by Crippen LogP contribution is -2.40. The minimum atomic E-state index is -3.85. The van der Waals surface area contributed by atoms with Crippen molar-refractivity contribution in [3.8, 4) is 0 Å². The van der Waals surface area contributed by atoms with E-state index in [0.717, 1.165) is 18.4 Å². The Morgan fingerprint density at radius 2 is 1.90 bits per heavy atom. The maximum absolute atomic E-state index is 12.3. The number of halogens is 1. The third-order valence-electron chi connectivity index (χ3n) is 4.27. The monoisotopic (exact) mass is 329 g/mol. The van der Waals surface area contributed by atoms with Crippen LogP contribution in [0.25, 0.3) is 0 Å². The molecule has 1 aliphatic carbocycles. The molecule has 0 aromatic heterocycles. The summed E-state index contributed by atoms with van der Waals surface area (Å²) in [5.41, 5.74) is 1.83. The highest BCUT2D eigenvalue weighted by Gasteiger charge is 2.32. The minimum absolute atomic E-state index is 0.00484. The van der Waals surface area contributed by atoms with Gasteiger partial charge in [0.05, 0.1) is 4.90 Å². The third-order valence-corrected chi connectivity index (χ3v) is 5.73. The van der Waals surface area contributed by atoms with Gasteiger partial charge in [-0.25, -0.2) is 8.42 Å². The van der Waals surface area contributed by atoms with Crippen molar-refractivity contribution < 1.29 is 13.2 Å². The fraction of sp³-hybridized carbons (Fsp3) is 0.533. The van der Waals surface area contributed by atoms with Crippen molar-refractivity contribution in [2.45, 2.75) is 44.9 Å². The van der Waals surface area contributed by atoms with E-state index in [4.69, 9.17) is 10.7 Å². The normalized spacial score (nSPS) is 17.1. The van der Waals surface area contributed by atoms with Crippen molar-refractivity contribution in [3.63, 3.8) is 0 Å². The van der Waals surface area contributed by atoms with Crippen LogP contribution < -0.4 is 5.32 Å². The molecule has 116 valence electrons. The zero-order valence-corrected chi connectivity index (χ0v) is 14.1. The SMILES string of the molecule is Cc1cc(C)c(S(=O)(=O)Cl)cc1C(=O)NCC1(C)CCC1. The fourth-order valence-corrected chi connectivity index (χ4v) is 3.89. The first-order valence-electron chi connectivity index (χ1n) is 6.96. The van der Waals surface area contributed by atoms with E-state index in [2.05, 4.69) is 12.2 Å². The number of hydrogen-bond donors (Lipinski definition) is 1. The predicted octanol–water partition coefficient (Wildman–Crippen LogP) is 3.15. The summed E-state index contributed by atoms with van der Waals surface area (Å²) >= 11 is 0. The van der Waals surface area contributed by atoms with Gasteiger partial charge in [0.25, 0.3) is 15.0 Å². The van der Waals surface area contributed by atoms with Crippen molar-refractivity contribution in [2.24, 2.45) is 5.41 Å². The Balaban J connectivity index is 2.24. The first kappa shape index (κ1) is 16.3. The van der Waals surface area contributed by atoms with Crippen molar-refractivity contribution >= 4 is 25.6 Å². The zero-order chi connectivity index (χ0) is 15.8. The molecule has 0 bridgehead atoms. The number of benzene rings is 1. The van der Waals surface area contributed by atoms with E-state index in [-0.39, 0.29) is 16.2 Å². The number of aryl methyl sites for hydroxylation is 2. The van der Waals surface area contributed by atoms with Gasteiger partial charge in [-0.05, 0) is 49.3 Å². The van der Waals surface area contributed by atoms with Crippen LogP contribution in [0.5, 0.6) is 0 Å². The van der Waals surface area contributed by atoms with Gasteiger partial charge < -0.3 is 5.32 Å². The summed E-state index contributed by atoms with van der Waals surface area (Å²) < 4.78 is 23.1. The van der Waals surface area contributed by atoms with Gasteiger partial charge in [0.15, 0.2) is 0 Å². The van der Waals surface area contributed by atoms with Gasteiger partial charge >= 0.3 is 0 Å². The summed E-state index contributed by atoms with van der Waals surface area (Å²) in [4.78, 5) is 12.3. The van der Waals surface area contributed by atoms with E-state index in [0.29, 0.717) is 17.7 Å². The Hall–Kier alpha value is -1.07. The van der Waals surface area contributed by atoms with E-state index in [1.165, 1.54) is 12.5 Å². The molecule has 0 aliphatic heterocycles. The molecule has 1 fully saturated rings. The van der Waals surface area contributed by atoms with Crippen molar-refractivity contribution in [3.05, 3.63) is 28.8 Å². The molecule has 1 aliphatic rings. The Morgan fingerprint density at radius 3 is 2.38 bits per heavy atom. The van der Waals surface area contributed by atoms with Crippen LogP contribution in [0.3, 0.4) is 0 Å². The van der Waals surface area contributed by atoms with Gasteiger partial charge in [-0.1, -0.05) is 19.4 Å². The summed E-state index contributed by atoms with van der Waals surface area (Å²) in [6.07, 6.45) is 3.42. The van der Waals surface area contributed by atoms with E-state index >= 15 is 0 Å². The van der Waals surface area contributed by atoms with Crippen LogP contribution in [0, 0.1) is 19.3 Å². The smallest absolute Gasteiger partial charge is 0.261 e. The second kappa shape index (κ2) is 5.61. The molecule has 0 spiro atoms. The number of amides is 1. The van der Waals surface area contributed by atoms with Crippen LogP contribution in [0.1, 0.15) is 47.7 Å². The lowest BCUT2D eigenvalue weighted by molar-refractivity contribution is 0.0890. The highest BCUT2D eigenvalue weighted by atomic mass is 35.7. The predicted molar refractivity (Wildman–Crippen MR) is 83.2 cm³/mol. The molecule has 1 saturated carbocycles. The first-order chi connectivity index (χ1) is 9.62. The Labute approximate surface area is 130 Å². The van der Waals surface area contributed by atoms with Crippen LogP contribution in [-0.2, 0) is 9.05 Å². The zero-order valence-electron chi connectivity index (χ0n) is 12.5. The maximum atomic E-state index is 12.3. The van der Waals surface area contributed by atoms with Gasteiger partial charge in [0.1, 0.15) is 0 Å². The highest BCUT2D eigenvalue weighted by Crippen LogP contribution is 2.39. The van der Waals surface area contributed by atoms with Gasteiger partial charge in [-0.15, -0.1) is 0 Å². The molecule has 1 aromatic carbocycles. The fourth-order valence-electron chi connectivity index (χ4n) is 2.69. The molecule has 21 heavy (non-hydrogen) atoms. The molecule has 0 saturated heterocycles. The molecular weight excluding hydrogens is 310 g/mol. The molecule has 0 unspecified atom stereocenters. The lowest BCUT2D eigenvalue weighted by atomic mass is 9.70. The Bertz CT molecular complexity index is 678. The van der Waals surface area contributed by atoms with Crippen LogP contribution in [-0.4, -0.2) is 20.9 Å². The number of nitrogens with one attached hydrogen (secondary N) is 1. The number of hydrogen-bond acceptors (Lipinski definition) is 3. The average molecular weight is 330 g/mol. The molecule has 0 heterocycles. The topological polar surface area (TPSA) is 63.2 Å². The maximum Gasteiger partial charge on any atom is 0.261 e. The number of rotatable bonds is 4. The van der Waals surface area contributed by atoms with Crippen molar-refractivity contribution in [1.82, 2.24) is 5.32 Å². The van der Waals surface area contributed by atoms with Crippen LogP contribution in [0.4, 0.5) is 0 Å². The van der Waals surface area contributed by atoms with Crippen LogP contribution in [0.15, 0.2) is 17.0 Å². The summed E-state index contributed by atoms with van der Waals surface area (Å²) in [6.45, 7) is 6.21. The third kappa shape index (κ3) is 3.58. The van der Waals surface area contributed by atoms with Crippen molar-refractivity contribution in [2.75, 3.05) is 6.54 Å². The van der Waals surface area contributed by atoms with E-state index < -0.39 is 9.05 Å². The molecule has 1 aromatic rings. The molecule has 1 N–H and O–H groups in total. The molecule has 0 radical (unpaired) electrons. The second-order valence-corrected chi connectivity index (χ2v) is 8.75. The van der Waals surface area contributed by atoms with Crippen molar-refractivity contribution in [1.29, 1.82) is 0 Å². The molecule has 4 nitrogen and oxygen atoms in total. The van der Waals surface area contributed by atoms with Gasteiger partial charge in [0, 0.05) is 22.8 Å². The average Bonchev–Trinajstić information content (AvgIpc) is 2.32. The van der Waals surface area contributed by atoms with Gasteiger partial charge in [0.2, 0.25) is 0 Å². The Kier molecular flexibility index (Phi) is 4.36. The van der Waals surface area contributed by atoms with Gasteiger partial charge in [-0.3, -0.25) is 4.79 Å². The standard InChI is InChI=1S/C15H20ClNO3S/c1-10-7-11(2)13(21(16,19)20)8-12(10)14(18)17-9-15(3)5-4-6-15/h7-8H,4-6,9H2,1-3H3,(H,17,18). The highest BCUT2D eigenvalue weighted by molar-refractivity contribution is 8.13. The molecule has 1 amide bonds. The largest absolute Gasteiger partial charge is 0.351 e. The quantitative estimate of drug-likeness (QED) is 0.863. The summed E-state index contributed by atoms with van der Waals surface area (Å²) in [7, 11) is 1.56.